The zero-order valence-corrected chi connectivity index (χ0v) is 17.7. The molecule has 1 aromatic heterocycles. The van der Waals surface area contributed by atoms with Gasteiger partial charge >= 0.3 is 0 Å². The molecule has 0 saturated heterocycles. The highest BCUT2D eigenvalue weighted by atomic mass is 16.5. The smallest absolute Gasteiger partial charge is 0.273 e. The maximum atomic E-state index is 11.9. The van der Waals surface area contributed by atoms with Crippen LogP contribution < -0.4 is 21.1 Å². The van der Waals surface area contributed by atoms with Crippen molar-refractivity contribution in [2.75, 3.05) is 31.3 Å². The lowest BCUT2D eigenvalue weighted by Gasteiger charge is -2.26. The van der Waals surface area contributed by atoms with Gasteiger partial charge < -0.3 is 26.0 Å². The number of carbonyl (C=O) groups excluding carboxylic acids is 1. The third-order valence-electron chi connectivity index (χ3n) is 5.19. The maximum absolute atomic E-state index is 11.9. The molecule has 10 nitrogen and oxygen atoms in total. The largest absolute Gasteiger partial charge is 0.495 e. The molecule has 162 valence electrons. The van der Waals surface area contributed by atoms with Crippen LogP contribution in [0.4, 0.5) is 23.1 Å². The number of nitrogens with zero attached hydrogens (tertiary/aromatic N) is 5. The summed E-state index contributed by atoms with van der Waals surface area (Å²) in [5.74, 6) is 0.101. The van der Waals surface area contributed by atoms with Gasteiger partial charge in [0.1, 0.15) is 11.8 Å². The first kappa shape index (κ1) is 21.0. The fraction of sp³-hybridized carbons (Fsp3) is 0.227. The lowest BCUT2D eigenvalue weighted by Crippen LogP contribution is -2.26. The second-order valence-electron chi connectivity index (χ2n) is 7.41. The van der Waals surface area contributed by atoms with Crippen molar-refractivity contribution in [3.05, 3.63) is 58.8 Å². The Morgan fingerprint density at radius 1 is 1.19 bits per heavy atom. The molecule has 0 atom stereocenters. The monoisotopic (exact) mass is 430 g/mol. The van der Waals surface area contributed by atoms with Crippen LogP contribution in [0.15, 0.2) is 36.4 Å². The highest BCUT2D eigenvalue weighted by molar-refractivity contribution is 5.96. The van der Waals surface area contributed by atoms with E-state index in [2.05, 4.69) is 43.8 Å². The predicted molar refractivity (Wildman–Crippen MR) is 119 cm³/mol. The van der Waals surface area contributed by atoms with E-state index in [4.69, 9.17) is 10.5 Å². The molecule has 10 heteroatoms. The van der Waals surface area contributed by atoms with E-state index >= 15 is 0 Å². The first-order chi connectivity index (χ1) is 15.5. The molecule has 0 aliphatic carbocycles. The number of hydrogen-bond acceptors (Lipinski definition) is 9. The summed E-state index contributed by atoms with van der Waals surface area (Å²) in [4.78, 5) is 18.5. The number of likely N-dealkylation sites (N-methyl/N-ethyl adjacent to an activating group) is 1. The van der Waals surface area contributed by atoms with Gasteiger partial charge in [0.25, 0.3) is 5.91 Å². The van der Waals surface area contributed by atoms with Gasteiger partial charge in [-0.1, -0.05) is 12.1 Å². The van der Waals surface area contributed by atoms with Crippen molar-refractivity contribution < 1.29 is 9.53 Å². The number of para-hydroxylation sites is 1. The van der Waals surface area contributed by atoms with Crippen LogP contribution in [0.3, 0.4) is 0 Å². The topological polar surface area (TPSA) is 142 Å². The van der Waals surface area contributed by atoms with E-state index < -0.39 is 5.91 Å². The van der Waals surface area contributed by atoms with E-state index in [1.165, 1.54) is 11.1 Å². The molecule has 0 radical (unpaired) electrons. The first-order valence-corrected chi connectivity index (χ1v) is 9.94. The fourth-order valence-electron chi connectivity index (χ4n) is 3.56. The highest BCUT2D eigenvalue weighted by Crippen LogP contribution is 2.33. The summed E-state index contributed by atoms with van der Waals surface area (Å²) in [5.41, 5.74) is 9.28. The quantitative estimate of drug-likeness (QED) is 0.537. The second-order valence-corrected chi connectivity index (χ2v) is 7.41. The number of aromatic nitrogens is 3. The maximum Gasteiger partial charge on any atom is 0.273 e. The van der Waals surface area contributed by atoms with Gasteiger partial charge in [-0.2, -0.15) is 10.2 Å². The van der Waals surface area contributed by atoms with Crippen LogP contribution in [-0.4, -0.2) is 46.7 Å². The number of fused-ring (bicyclic) bond motifs is 1. The number of nitrogens with one attached hydrogen (secondary N) is 2. The van der Waals surface area contributed by atoms with Gasteiger partial charge in [0.15, 0.2) is 11.5 Å². The molecule has 0 unspecified atom stereocenters. The summed E-state index contributed by atoms with van der Waals surface area (Å²) in [5, 5.41) is 23.4. The lowest BCUT2D eigenvalue weighted by molar-refractivity contribution is 0.0995. The van der Waals surface area contributed by atoms with Crippen LogP contribution in [0, 0.1) is 11.3 Å². The van der Waals surface area contributed by atoms with Crippen molar-refractivity contribution in [2.45, 2.75) is 13.0 Å². The van der Waals surface area contributed by atoms with Gasteiger partial charge in [0.2, 0.25) is 5.95 Å². The zero-order chi connectivity index (χ0) is 22.7. The Hall–Kier alpha value is -4.23. The molecule has 0 bridgehead atoms. The Bertz CT molecular complexity index is 1220. The average molecular weight is 430 g/mol. The van der Waals surface area contributed by atoms with Crippen molar-refractivity contribution in [3.63, 3.8) is 0 Å². The van der Waals surface area contributed by atoms with E-state index in [1.807, 2.05) is 12.1 Å². The molecule has 2 heterocycles. The predicted octanol–water partition coefficient (Wildman–Crippen LogP) is 2.33. The van der Waals surface area contributed by atoms with Crippen LogP contribution in [0.1, 0.15) is 27.2 Å². The van der Waals surface area contributed by atoms with E-state index in [9.17, 15) is 10.1 Å². The molecule has 1 aliphatic rings. The minimum absolute atomic E-state index is 0.0938. The number of nitriles is 1. The van der Waals surface area contributed by atoms with Crippen LogP contribution >= 0.6 is 0 Å². The fourth-order valence-corrected chi connectivity index (χ4v) is 3.56. The number of anilines is 4. The number of carbonyl (C=O) groups is 1. The Kier molecular flexibility index (Phi) is 5.83. The molecule has 0 fully saturated rings. The van der Waals surface area contributed by atoms with E-state index in [0.29, 0.717) is 22.7 Å². The molecular formula is C22H22N8O2. The number of rotatable bonds is 6. The third-order valence-corrected chi connectivity index (χ3v) is 5.19. The van der Waals surface area contributed by atoms with Crippen molar-refractivity contribution in [3.8, 4) is 11.8 Å². The number of methoxy groups -OCH3 is 1. The van der Waals surface area contributed by atoms with Gasteiger partial charge in [0.05, 0.1) is 24.0 Å². The average Bonchev–Trinajstić information content (AvgIpc) is 2.79. The van der Waals surface area contributed by atoms with E-state index in [1.54, 1.807) is 31.4 Å². The molecule has 4 rings (SSSR count). The summed E-state index contributed by atoms with van der Waals surface area (Å²) in [7, 11) is 3.68. The zero-order valence-electron chi connectivity index (χ0n) is 17.7. The lowest BCUT2D eigenvalue weighted by atomic mass is 9.99. The standard InChI is InChI=1S/C22H22N8O2/c1-30-8-7-13-9-17(18(32-2)10-15(13)12-30)26-22-27-21(19(20(24)31)28-29-22)25-16-6-4-3-5-14(16)11-23/h3-6,9-10H,7-8,12H2,1-2H3,(H2,24,31)(H2,25,26,27,29). The summed E-state index contributed by atoms with van der Waals surface area (Å²) >= 11 is 0. The van der Waals surface area contributed by atoms with Crippen LogP contribution in [-0.2, 0) is 13.0 Å². The molecule has 4 N–H and O–H groups in total. The Balaban J connectivity index is 1.69. The number of hydrogen-bond donors (Lipinski definition) is 3. The summed E-state index contributed by atoms with van der Waals surface area (Å²) < 4.78 is 5.55. The second kappa shape index (κ2) is 8.87. The number of amides is 1. The van der Waals surface area contributed by atoms with Gasteiger partial charge in [-0.25, -0.2) is 0 Å². The Morgan fingerprint density at radius 3 is 2.75 bits per heavy atom. The number of ether oxygens (including phenoxy) is 1. The van der Waals surface area contributed by atoms with Crippen molar-refractivity contribution >= 4 is 29.0 Å². The van der Waals surface area contributed by atoms with Crippen molar-refractivity contribution in [2.24, 2.45) is 5.73 Å². The van der Waals surface area contributed by atoms with E-state index in [-0.39, 0.29) is 17.5 Å². The van der Waals surface area contributed by atoms with Gasteiger partial charge in [-0.3, -0.25) is 4.79 Å². The van der Waals surface area contributed by atoms with E-state index in [0.717, 1.165) is 19.5 Å². The number of nitrogens with two attached hydrogens (primary N) is 1. The molecule has 32 heavy (non-hydrogen) atoms. The normalized spacial score (nSPS) is 13.0. The van der Waals surface area contributed by atoms with Crippen LogP contribution in [0.2, 0.25) is 0 Å². The van der Waals surface area contributed by atoms with Crippen molar-refractivity contribution in [1.82, 2.24) is 20.1 Å². The summed E-state index contributed by atoms with van der Waals surface area (Å²) in [6, 6.07) is 13.0. The molecule has 3 aromatic rings. The van der Waals surface area contributed by atoms with Gasteiger partial charge in [0, 0.05) is 13.1 Å². The first-order valence-electron chi connectivity index (χ1n) is 9.94. The van der Waals surface area contributed by atoms with Crippen molar-refractivity contribution in [1.29, 1.82) is 5.26 Å². The number of primary amides is 1. The molecule has 0 saturated carbocycles. The van der Waals surface area contributed by atoms with Gasteiger partial charge in [-0.05, 0) is 48.9 Å². The summed E-state index contributed by atoms with van der Waals surface area (Å²) in [6.45, 7) is 1.82. The Morgan fingerprint density at radius 2 is 2.00 bits per heavy atom. The SMILES string of the molecule is COc1cc2c(cc1Nc1nnc(C(N)=O)c(Nc3ccccc3C#N)n1)CCN(C)C2. The third kappa shape index (κ3) is 4.28. The Labute approximate surface area is 185 Å². The number of benzene rings is 2. The highest BCUT2D eigenvalue weighted by Gasteiger charge is 2.19. The molecule has 1 aliphatic heterocycles. The summed E-state index contributed by atoms with van der Waals surface area (Å²) in [6.07, 6.45) is 0.919. The van der Waals surface area contributed by atoms with Crippen LogP contribution in [0.5, 0.6) is 5.75 Å². The minimum Gasteiger partial charge on any atom is -0.495 e. The molecular weight excluding hydrogens is 408 g/mol. The van der Waals surface area contributed by atoms with Crippen LogP contribution in [0.25, 0.3) is 0 Å². The minimum atomic E-state index is -0.788. The molecule has 1 amide bonds. The van der Waals surface area contributed by atoms with Gasteiger partial charge in [-0.15, -0.1) is 10.2 Å². The molecule has 2 aromatic carbocycles. The molecule has 0 spiro atoms.